The molecule has 0 spiro atoms. The molecule has 0 aliphatic rings. The molecule has 2 aromatic rings. The van der Waals surface area contributed by atoms with Crippen molar-refractivity contribution in [3.63, 3.8) is 0 Å². The third-order valence-corrected chi connectivity index (χ3v) is 5.47. The Labute approximate surface area is 155 Å². The predicted octanol–water partition coefficient (Wildman–Crippen LogP) is 3.32. The number of sulfonamides is 1. The molecule has 0 N–H and O–H groups in total. The van der Waals surface area contributed by atoms with Crippen molar-refractivity contribution in [1.29, 1.82) is 0 Å². The molecule has 0 atom stereocenters. The number of ether oxygens (including phenoxy) is 2. The van der Waals surface area contributed by atoms with Crippen molar-refractivity contribution in [1.82, 2.24) is 0 Å². The Morgan fingerprint density at radius 1 is 1.08 bits per heavy atom. The van der Waals surface area contributed by atoms with Gasteiger partial charge in [0.05, 0.1) is 24.8 Å². The average Bonchev–Trinajstić information content (AvgIpc) is 2.59. The number of rotatable bonds is 7. The number of benzene rings is 2. The van der Waals surface area contributed by atoms with Gasteiger partial charge < -0.3 is 9.47 Å². The van der Waals surface area contributed by atoms with Crippen molar-refractivity contribution < 1.29 is 22.7 Å². The van der Waals surface area contributed by atoms with Gasteiger partial charge in [-0.2, -0.15) is 0 Å². The molecule has 0 bridgehead atoms. The summed E-state index contributed by atoms with van der Waals surface area (Å²) in [5.41, 5.74) is 0.130. The van der Waals surface area contributed by atoms with Crippen molar-refractivity contribution in [2.24, 2.45) is 0 Å². The first-order chi connectivity index (χ1) is 11.8. The van der Waals surface area contributed by atoms with Crippen molar-refractivity contribution in [3.05, 3.63) is 47.5 Å². The molecule has 0 radical (unpaired) electrons. The highest BCUT2D eigenvalue weighted by Gasteiger charge is 2.29. The molecular weight excluding hydrogens is 389 g/mol. The van der Waals surface area contributed by atoms with Gasteiger partial charge in [0.2, 0.25) is 5.24 Å². The van der Waals surface area contributed by atoms with Crippen molar-refractivity contribution in [3.8, 4) is 11.5 Å². The average molecular weight is 404 g/mol. The zero-order valence-corrected chi connectivity index (χ0v) is 15.7. The molecule has 0 fully saturated rings. The van der Waals surface area contributed by atoms with Gasteiger partial charge >= 0.3 is 0 Å². The molecule has 0 saturated carbocycles. The van der Waals surface area contributed by atoms with Crippen LogP contribution in [0.3, 0.4) is 0 Å². The molecule has 0 heterocycles. The highest BCUT2D eigenvalue weighted by atomic mass is 35.5. The van der Waals surface area contributed by atoms with E-state index in [2.05, 4.69) is 0 Å². The van der Waals surface area contributed by atoms with Crippen LogP contribution in [-0.2, 0) is 14.8 Å². The molecule has 134 valence electrons. The van der Waals surface area contributed by atoms with Crippen LogP contribution >= 0.6 is 23.2 Å². The van der Waals surface area contributed by atoms with Crippen LogP contribution in [0.2, 0.25) is 5.02 Å². The second-order valence-electron chi connectivity index (χ2n) is 4.86. The fourth-order valence-corrected chi connectivity index (χ4v) is 3.88. The second-order valence-corrected chi connectivity index (χ2v) is 7.58. The van der Waals surface area contributed by atoms with E-state index in [0.29, 0.717) is 10.8 Å². The molecule has 6 nitrogen and oxygen atoms in total. The molecule has 0 aromatic heterocycles. The van der Waals surface area contributed by atoms with Gasteiger partial charge in [-0.25, -0.2) is 8.42 Å². The Morgan fingerprint density at radius 2 is 1.72 bits per heavy atom. The molecule has 2 rings (SSSR count). The van der Waals surface area contributed by atoms with Gasteiger partial charge in [0.1, 0.15) is 18.0 Å². The number of methoxy groups -OCH3 is 2. The Hall–Kier alpha value is -1.96. The SMILES string of the molecule is COc1ccc(OC)c(N(CC(=O)Cl)S(=O)(=O)c2ccc(Cl)cc2)c1. The molecule has 0 aliphatic carbocycles. The fraction of sp³-hybridized carbons (Fsp3) is 0.188. The number of hydrogen-bond donors (Lipinski definition) is 0. The standard InChI is InChI=1S/C16H15Cl2NO5S/c1-23-12-5-8-15(24-2)14(9-12)19(10-16(18)20)25(21,22)13-6-3-11(17)4-7-13/h3-9H,10H2,1-2H3. The fourth-order valence-electron chi connectivity index (χ4n) is 2.14. The molecule has 0 saturated heterocycles. The largest absolute Gasteiger partial charge is 0.497 e. The van der Waals surface area contributed by atoms with E-state index in [1.54, 1.807) is 6.07 Å². The Balaban J connectivity index is 2.64. The van der Waals surface area contributed by atoms with Crippen molar-refractivity contribution in [2.75, 3.05) is 25.1 Å². The van der Waals surface area contributed by atoms with Crippen LogP contribution in [0.4, 0.5) is 5.69 Å². The van der Waals surface area contributed by atoms with Crippen LogP contribution < -0.4 is 13.8 Å². The lowest BCUT2D eigenvalue weighted by molar-refractivity contribution is -0.110. The minimum Gasteiger partial charge on any atom is -0.497 e. The molecule has 0 amide bonds. The van der Waals surface area contributed by atoms with Gasteiger partial charge in [0, 0.05) is 11.1 Å². The number of carbonyl (C=O) groups excluding carboxylic acids is 1. The first-order valence-corrected chi connectivity index (χ1v) is 9.18. The van der Waals surface area contributed by atoms with Crippen LogP contribution in [0.25, 0.3) is 0 Å². The van der Waals surface area contributed by atoms with Gasteiger partial charge in [-0.15, -0.1) is 0 Å². The van der Waals surface area contributed by atoms with Crippen LogP contribution in [0.15, 0.2) is 47.4 Å². The van der Waals surface area contributed by atoms with E-state index in [-0.39, 0.29) is 16.3 Å². The third-order valence-electron chi connectivity index (χ3n) is 3.32. The van der Waals surface area contributed by atoms with Gasteiger partial charge in [0.25, 0.3) is 10.0 Å². The molecule has 2 aromatic carbocycles. The third kappa shape index (κ3) is 4.36. The second kappa shape index (κ2) is 7.95. The maximum absolute atomic E-state index is 13.0. The molecule has 25 heavy (non-hydrogen) atoms. The summed E-state index contributed by atoms with van der Waals surface area (Å²) in [7, 11) is -1.26. The van der Waals surface area contributed by atoms with Crippen molar-refractivity contribution in [2.45, 2.75) is 4.90 Å². The van der Waals surface area contributed by atoms with Crippen LogP contribution in [0.1, 0.15) is 0 Å². The quantitative estimate of drug-likeness (QED) is 0.662. The summed E-state index contributed by atoms with van der Waals surface area (Å²) in [5, 5.41) is -0.458. The molecule has 0 aliphatic heterocycles. The lowest BCUT2D eigenvalue weighted by Gasteiger charge is -2.25. The topological polar surface area (TPSA) is 72.9 Å². The summed E-state index contributed by atoms with van der Waals surface area (Å²) >= 11 is 11.3. The highest BCUT2D eigenvalue weighted by Crippen LogP contribution is 2.35. The molecule has 0 unspecified atom stereocenters. The zero-order chi connectivity index (χ0) is 18.6. The molecule has 9 heteroatoms. The van der Waals surface area contributed by atoms with Crippen LogP contribution in [-0.4, -0.2) is 34.4 Å². The van der Waals surface area contributed by atoms with E-state index in [1.165, 1.54) is 50.6 Å². The monoisotopic (exact) mass is 403 g/mol. The summed E-state index contributed by atoms with van der Waals surface area (Å²) in [5.74, 6) is 0.644. The van der Waals surface area contributed by atoms with E-state index >= 15 is 0 Å². The lowest BCUT2D eigenvalue weighted by atomic mass is 10.2. The van der Waals surface area contributed by atoms with Crippen LogP contribution in [0, 0.1) is 0 Å². The van der Waals surface area contributed by atoms with E-state index in [0.717, 1.165) is 4.31 Å². The zero-order valence-electron chi connectivity index (χ0n) is 13.4. The van der Waals surface area contributed by atoms with Crippen molar-refractivity contribution >= 4 is 44.2 Å². The maximum Gasteiger partial charge on any atom is 0.264 e. The lowest BCUT2D eigenvalue weighted by Crippen LogP contribution is -2.34. The maximum atomic E-state index is 13.0. The number of carbonyl (C=O) groups is 1. The van der Waals surface area contributed by atoms with E-state index < -0.39 is 21.8 Å². The first-order valence-electron chi connectivity index (χ1n) is 6.98. The Bertz CT molecular complexity index is 869. The highest BCUT2D eigenvalue weighted by molar-refractivity contribution is 7.92. The van der Waals surface area contributed by atoms with Gasteiger partial charge in [-0.05, 0) is 48.0 Å². The van der Waals surface area contributed by atoms with Gasteiger partial charge in [-0.1, -0.05) is 11.6 Å². The summed E-state index contributed by atoms with van der Waals surface area (Å²) in [4.78, 5) is 11.4. The smallest absolute Gasteiger partial charge is 0.264 e. The van der Waals surface area contributed by atoms with E-state index in [4.69, 9.17) is 32.7 Å². The minimum atomic E-state index is -4.09. The number of hydrogen-bond acceptors (Lipinski definition) is 5. The summed E-state index contributed by atoms with van der Waals surface area (Å²) in [6.07, 6.45) is 0. The Morgan fingerprint density at radius 3 is 2.24 bits per heavy atom. The summed E-state index contributed by atoms with van der Waals surface area (Å²) in [6.45, 7) is -0.573. The van der Waals surface area contributed by atoms with Gasteiger partial charge in [-0.3, -0.25) is 9.10 Å². The number of nitrogens with zero attached hydrogens (tertiary/aromatic N) is 1. The molecular formula is C16H15Cl2NO5S. The number of anilines is 1. The minimum absolute atomic E-state index is 0.0420. The van der Waals surface area contributed by atoms with Gasteiger partial charge in [0.15, 0.2) is 0 Å². The first kappa shape index (κ1) is 19.4. The normalized spacial score (nSPS) is 11.0. The number of halogens is 2. The van der Waals surface area contributed by atoms with E-state index in [1.807, 2.05) is 0 Å². The summed E-state index contributed by atoms with van der Waals surface area (Å²) < 4.78 is 37.3. The van der Waals surface area contributed by atoms with E-state index in [9.17, 15) is 13.2 Å². The Kier molecular flexibility index (Phi) is 6.16. The van der Waals surface area contributed by atoms with Crippen LogP contribution in [0.5, 0.6) is 11.5 Å². The predicted molar refractivity (Wildman–Crippen MR) is 96.4 cm³/mol. The summed E-state index contributed by atoms with van der Waals surface area (Å²) in [6, 6.07) is 10.2.